The predicted molar refractivity (Wildman–Crippen MR) is 98.2 cm³/mol. The van der Waals surface area contributed by atoms with Crippen molar-refractivity contribution >= 4 is 5.91 Å². The number of hydrogen-bond acceptors (Lipinski definition) is 5. The van der Waals surface area contributed by atoms with Gasteiger partial charge in [0, 0.05) is 31.0 Å². The fraction of sp³-hybridized carbons (Fsp3) is 0.450. The third kappa shape index (κ3) is 3.55. The summed E-state index contributed by atoms with van der Waals surface area (Å²) in [7, 11) is 2.17. The minimum Gasteiger partial charge on any atom is -0.424 e. The van der Waals surface area contributed by atoms with Crippen molar-refractivity contribution in [1.82, 2.24) is 19.8 Å². The summed E-state index contributed by atoms with van der Waals surface area (Å²) in [6, 6.07) is 9.30. The predicted octanol–water partition coefficient (Wildman–Crippen LogP) is 2.83. The van der Waals surface area contributed by atoms with Crippen LogP contribution < -0.4 is 4.74 Å². The zero-order chi connectivity index (χ0) is 18.0. The van der Waals surface area contributed by atoms with Crippen molar-refractivity contribution < 1.29 is 9.53 Å². The monoisotopic (exact) mass is 352 g/mol. The quantitative estimate of drug-likeness (QED) is 0.850. The number of piperidine rings is 1. The van der Waals surface area contributed by atoms with Crippen LogP contribution in [0.2, 0.25) is 0 Å². The lowest BCUT2D eigenvalue weighted by Crippen LogP contribution is -2.40. The normalized spacial score (nSPS) is 19.7. The van der Waals surface area contributed by atoms with Crippen molar-refractivity contribution in [2.24, 2.45) is 5.41 Å². The Bertz CT molecular complexity index is 772. The van der Waals surface area contributed by atoms with Crippen molar-refractivity contribution in [2.75, 3.05) is 33.2 Å². The van der Waals surface area contributed by atoms with Crippen LogP contribution in [0.5, 0.6) is 11.8 Å². The second-order valence-electron chi connectivity index (χ2n) is 7.44. The molecule has 6 heteroatoms. The minimum absolute atomic E-state index is 0.0835. The molecule has 4 rings (SSSR count). The highest BCUT2D eigenvalue weighted by molar-refractivity contribution is 5.94. The molecule has 0 unspecified atom stereocenters. The molecule has 2 fully saturated rings. The van der Waals surface area contributed by atoms with Crippen LogP contribution >= 0.6 is 0 Å². The van der Waals surface area contributed by atoms with E-state index < -0.39 is 0 Å². The lowest BCUT2D eigenvalue weighted by molar-refractivity contribution is 0.0736. The molecule has 2 aliphatic rings. The van der Waals surface area contributed by atoms with E-state index in [1.165, 1.54) is 12.8 Å². The molecule has 136 valence electrons. The lowest BCUT2D eigenvalue weighted by Gasteiger charge is -2.37. The van der Waals surface area contributed by atoms with Crippen LogP contribution in [0.25, 0.3) is 0 Å². The molecule has 0 saturated carbocycles. The van der Waals surface area contributed by atoms with Gasteiger partial charge in [-0.1, -0.05) is 6.07 Å². The highest BCUT2D eigenvalue weighted by Gasteiger charge is 2.41. The Kier molecular flexibility index (Phi) is 4.59. The largest absolute Gasteiger partial charge is 0.424 e. The molecular formula is C20H24N4O2. The van der Waals surface area contributed by atoms with E-state index in [9.17, 15) is 4.79 Å². The fourth-order valence-electron chi connectivity index (χ4n) is 3.93. The number of nitrogens with zero attached hydrogens (tertiary/aromatic N) is 4. The maximum atomic E-state index is 13.0. The number of likely N-dealkylation sites (tertiary alicyclic amines) is 2. The first kappa shape index (κ1) is 17.0. The molecule has 0 bridgehead atoms. The maximum Gasteiger partial charge on any atom is 0.321 e. The maximum absolute atomic E-state index is 13.0. The zero-order valence-electron chi connectivity index (χ0n) is 15.1. The van der Waals surface area contributed by atoms with Crippen LogP contribution in [-0.4, -0.2) is 58.9 Å². The van der Waals surface area contributed by atoms with Crippen LogP contribution in [0, 0.1) is 5.41 Å². The molecule has 26 heavy (non-hydrogen) atoms. The summed E-state index contributed by atoms with van der Waals surface area (Å²) in [4.78, 5) is 25.5. The number of rotatable bonds is 3. The Labute approximate surface area is 153 Å². The molecule has 2 saturated heterocycles. The molecule has 0 atom stereocenters. The number of benzene rings is 1. The molecule has 1 amide bonds. The van der Waals surface area contributed by atoms with E-state index >= 15 is 0 Å². The SMILES string of the molecule is CN1CCC2(CC1)CCN(C(=O)c1cccc(Oc3ncccn3)c1)C2. The Morgan fingerprint density at radius 1 is 1.08 bits per heavy atom. The molecule has 2 aliphatic heterocycles. The summed E-state index contributed by atoms with van der Waals surface area (Å²) in [5.41, 5.74) is 0.970. The smallest absolute Gasteiger partial charge is 0.321 e. The summed E-state index contributed by atoms with van der Waals surface area (Å²) in [5, 5.41) is 0. The van der Waals surface area contributed by atoms with Gasteiger partial charge in [0.2, 0.25) is 0 Å². The van der Waals surface area contributed by atoms with Crippen molar-refractivity contribution in [3.05, 3.63) is 48.3 Å². The average Bonchev–Trinajstić information content (AvgIpc) is 3.09. The van der Waals surface area contributed by atoms with Crippen LogP contribution in [0.3, 0.4) is 0 Å². The third-order valence-corrected chi connectivity index (χ3v) is 5.61. The van der Waals surface area contributed by atoms with Gasteiger partial charge >= 0.3 is 6.01 Å². The minimum atomic E-state index is 0.0835. The van der Waals surface area contributed by atoms with Crippen molar-refractivity contribution in [1.29, 1.82) is 0 Å². The van der Waals surface area contributed by atoms with E-state index in [0.29, 0.717) is 16.7 Å². The van der Waals surface area contributed by atoms with Gasteiger partial charge in [-0.05, 0) is 69.1 Å². The summed E-state index contributed by atoms with van der Waals surface area (Å²) in [6.45, 7) is 3.97. The first-order valence-electron chi connectivity index (χ1n) is 9.16. The van der Waals surface area contributed by atoms with E-state index in [4.69, 9.17) is 4.74 Å². The molecule has 0 N–H and O–H groups in total. The van der Waals surface area contributed by atoms with E-state index in [2.05, 4.69) is 21.9 Å². The summed E-state index contributed by atoms with van der Waals surface area (Å²) in [6.07, 6.45) is 6.73. The highest BCUT2D eigenvalue weighted by Crippen LogP contribution is 2.40. The Balaban J connectivity index is 1.44. The first-order chi connectivity index (χ1) is 12.6. The molecule has 1 aromatic carbocycles. The van der Waals surface area contributed by atoms with Gasteiger partial charge in [0.15, 0.2) is 0 Å². The molecule has 2 aromatic rings. The summed E-state index contributed by atoms with van der Waals surface area (Å²) < 4.78 is 5.65. The van der Waals surface area contributed by atoms with Gasteiger partial charge in [0.1, 0.15) is 5.75 Å². The third-order valence-electron chi connectivity index (χ3n) is 5.61. The highest BCUT2D eigenvalue weighted by atomic mass is 16.5. The van der Waals surface area contributed by atoms with Gasteiger partial charge in [0.25, 0.3) is 5.91 Å². The number of ether oxygens (including phenoxy) is 1. The summed E-state index contributed by atoms with van der Waals surface area (Å²) in [5.74, 6) is 0.662. The molecular weight excluding hydrogens is 328 g/mol. The van der Waals surface area contributed by atoms with E-state index in [1.54, 1.807) is 24.5 Å². The van der Waals surface area contributed by atoms with Gasteiger partial charge in [-0.25, -0.2) is 9.97 Å². The lowest BCUT2D eigenvalue weighted by atomic mass is 9.78. The van der Waals surface area contributed by atoms with Crippen LogP contribution in [0.4, 0.5) is 0 Å². The van der Waals surface area contributed by atoms with Gasteiger partial charge in [-0.2, -0.15) is 0 Å². The van der Waals surface area contributed by atoms with Crippen molar-refractivity contribution in [3.63, 3.8) is 0 Å². The van der Waals surface area contributed by atoms with Crippen molar-refractivity contribution in [2.45, 2.75) is 19.3 Å². The standard InChI is InChI=1S/C20H24N4O2/c1-23-11-6-20(7-12-23)8-13-24(15-20)18(25)16-4-2-5-17(14-16)26-19-21-9-3-10-22-19/h2-5,9-10,14H,6-8,11-13,15H2,1H3. The Morgan fingerprint density at radius 3 is 2.58 bits per heavy atom. The molecule has 1 spiro atoms. The number of amides is 1. The molecule has 3 heterocycles. The second kappa shape index (κ2) is 7.03. The average molecular weight is 352 g/mol. The van der Waals surface area contributed by atoms with E-state index in [0.717, 1.165) is 32.6 Å². The van der Waals surface area contributed by atoms with Gasteiger partial charge < -0.3 is 14.5 Å². The van der Waals surface area contributed by atoms with E-state index in [1.807, 2.05) is 23.1 Å². The van der Waals surface area contributed by atoms with Gasteiger partial charge in [-0.15, -0.1) is 0 Å². The fourth-order valence-corrected chi connectivity index (χ4v) is 3.93. The van der Waals surface area contributed by atoms with Crippen LogP contribution in [-0.2, 0) is 0 Å². The second-order valence-corrected chi connectivity index (χ2v) is 7.44. The molecule has 1 aromatic heterocycles. The van der Waals surface area contributed by atoms with Gasteiger partial charge in [-0.3, -0.25) is 4.79 Å². The first-order valence-corrected chi connectivity index (χ1v) is 9.16. The van der Waals surface area contributed by atoms with Gasteiger partial charge in [0.05, 0.1) is 0 Å². The molecule has 6 nitrogen and oxygen atoms in total. The Morgan fingerprint density at radius 2 is 1.81 bits per heavy atom. The summed E-state index contributed by atoms with van der Waals surface area (Å²) >= 11 is 0. The number of aromatic nitrogens is 2. The number of carbonyl (C=O) groups excluding carboxylic acids is 1. The van der Waals surface area contributed by atoms with E-state index in [-0.39, 0.29) is 11.9 Å². The van der Waals surface area contributed by atoms with Crippen molar-refractivity contribution in [3.8, 4) is 11.8 Å². The number of carbonyl (C=O) groups is 1. The van der Waals surface area contributed by atoms with Crippen LogP contribution in [0.1, 0.15) is 29.6 Å². The zero-order valence-corrected chi connectivity index (χ0v) is 15.1. The van der Waals surface area contributed by atoms with Crippen LogP contribution in [0.15, 0.2) is 42.7 Å². The topological polar surface area (TPSA) is 58.6 Å². The Hall–Kier alpha value is -2.47. The molecule has 0 aliphatic carbocycles. The molecule has 0 radical (unpaired) electrons. The number of hydrogen-bond donors (Lipinski definition) is 0.